The Hall–Kier alpha value is -3.95. The van der Waals surface area contributed by atoms with Crippen molar-refractivity contribution in [2.24, 2.45) is 0 Å². The number of nitrogens with zero attached hydrogens (tertiary/aromatic N) is 3. The molecule has 4 heterocycles. The first-order valence-corrected chi connectivity index (χ1v) is 11.9. The van der Waals surface area contributed by atoms with Crippen molar-refractivity contribution < 1.29 is 32.8 Å². The Morgan fingerprint density at radius 2 is 1.81 bits per heavy atom. The molecule has 184 valence electrons. The molecule has 0 atom stereocenters. The summed E-state index contributed by atoms with van der Waals surface area (Å²) in [6.45, 7) is 3.83. The Bertz CT molecular complexity index is 1360. The van der Waals surface area contributed by atoms with E-state index < -0.39 is 25.0 Å². The van der Waals surface area contributed by atoms with Crippen LogP contribution in [0.25, 0.3) is 5.57 Å². The van der Waals surface area contributed by atoms with E-state index in [0.29, 0.717) is 17.9 Å². The van der Waals surface area contributed by atoms with Gasteiger partial charge in [0.1, 0.15) is 5.75 Å². The van der Waals surface area contributed by atoms with Gasteiger partial charge in [-0.25, -0.2) is 13.6 Å². The fraction of sp³-hybridized carbons (Fsp3) is 0.308. The predicted octanol–water partition coefficient (Wildman–Crippen LogP) is 3.49. The van der Waals surface area contributed by atoms with Gasteiger partial charge in [0, 0.05) is 53.9 Å². The number of methoxy groups -OCH3 is 1. The number of benzene rings is 1. The maximum Gasteiger partial charge on any atom is 0.846 e. The van der Waals surface area contributed by atoms with Crippen LogP contribution in [0.5, 0.6) is 5.75 Å². The van der Waals surface area contributed by atoms with Crippen molar-refractivity contribution in [3.05, 3.63) is 70.7 Å². The van der Waals surface area contributed by atoms with Gasteiger partial charge in [-0.2, -0.15) is 0 Å². The number of carbonyl (C=O) groups is 3. The third-order valence-corrected chi connectivity index (χ3v) is 6.75. The zero-order valence-corrected chi connectivity index (χ0v) is 20.4. The number of allylic oxidation sites excluding steroid dienone is 3. The maximum absolute atomic E-state index is 16.0. The number of halogens is 1. The van der Waals surface area contributed by atoms with Crippen molar-refractivity contribution in [3.63, 3.8) is 0 Å². The molecule has 0 spiro atoms. The van der Waals surface area contributed by atoms with E-state index in [1.165, 1.54) is 0 Å². The Morgan fingerprint density at radius 3 is 2.47 bits per heavy atom. The van der Waals surface area contributed by atoms with Gasteiger partial charge in [-0.05, 0) is 62.6 Å². The van der Waals surface area contributed by atoms with Crippen LogP contribution in [-0.2, 0) is 19.2 Å². The van der Waals surface area contributed by atoms with Crippen LogP contribution < -0.4 is 4.74 Å². The van der Waals surface area contributed by atoms with E-state index in [2.05, 4.69) is 0 Å². The molecule has 1 saturated heterocycles. The summed E-state index contributed by atoms with van der Waals surface area (Å²) in [4.78, 5) is 40.8. The number of hydrogen-bond acceptors (Lipinski definition) is 5. The Balaban J connectivity index is 1.44. The van der Waals surface area contributed by atoms with Crippen molar-refractivity contribution in [2.75, 3.05) is 7.11 Å². The van der Waals surface area contributed by atoms with E-state index in [1.54, 1.807) is 16.1 Å². The lowest BCUT2D eigenvalue weighted by Gasteiger charge is -2.21. The van der Waals surface area contributed by atoms with Crippen LogP contribution in [-0.4, -0.2) is 51.9 Å². The third kappa shape index (κ3) is 3.96. The highest BCUT2D eigenvalue weighted by molar-refractivity contribution is 6.44. The number of carbonyl (C=O) groups excluding carboxylic acids is 3. The van der Waals surface area contributed by atoms with Crippen molar-refractivity contribution in [3.8, 4) is 5.75 Å². The van der Waals surface area contributed by atoms with Gasteiger partial charge in [-0.3, -0.25) is 14.1 Å². The quantitative estimate of drug-likeness (QED) is 0.439. The van der Waals surface area contributed by atoms with Gasteiger partial charge < -0.3 is 9.57 Å². The second-order valence-corrected chi connectivity index (χ2v) is 9.08. The first-order chi connectivity index (χ1) is 17.3. The standard InChI is InChI=1S/C26H26BFN3O5/c1-16-15-17(2)29-26(16)20(5-4-6-25(34)36-31-23(32)13-14-24(31)33)22-12-11-21(30(22)27(29)28)18-7-9-19(35-3)10-8-18/h7-12,15H,4-6,13-14H2,1-3H3/q+1. The smallest absolute Gasteiger partial charge is 0.497 e. The highest BCUT2D eigenvalue weighted by atomic mass is 19.1. The van der Waals surface area contributed by atoms with Gasteiger partial charge in [-0.1, -0.05) is 0 Å². The summed E-state index contributed by atoms with van der Waals surface area (Å²) in [5.74, 6) is -0.929. The number of ether oxygens (including phenoxy) is 1. The van der Waals surface area contributed by atoms with Crippen molar-refractivity contribution in [1.29, 1.82) is 0 Å². The van der Waals surface area contributed by atoms with Crippen molar-refractivity contribution >= 4 is 36.3 Å². The van der Waals surface area contributed by atoms with Gasteiger partial charge in [0.25, 0.3) is 11.8 Å². The number of hydroxylamine groups is 2. The largest absolute Gasteiger partial charge is 0.846 e. The van der Waals surface area contributed by atoms with E-state index >= 15 is 4.32 Å². The zero-order chi connectivity index (χ0) is 25.6. The predicted molar refractivity (Wildman–Crippen MR) is 131 cm³/mol. The lowest BCUT2D eigenvalue weighted by atomic mass is 9.89. The number of hydrogen-bond donors (Lipinski definition) is 0. The average molecular weight is 490 g/mol. The summed E-state index contributed by atoms with van der Waals surface area (Å²) in [5.41, 5.74) is 5.84. The molecule has 1 aromatic carbocycles. The van der Waals surface area contributed by atoms with Gasteiger partial charge >= 0.3 is 13.2 Å². The molecule has 5 rings (SSSR count). The topological polar surface area (TPSA) is 80.8 Å². The number of fused-ring (bicyclic) bond motifs is 2. The molecule has 0 radical (unpaired) electrons. The van der Waals surface area contributed by atoms with Crippen molar-refractivity contribution in [2.45, 2.75) is 46.0 Å². The normalized spacial score (nSPS) is 16.8. The van der Waals surface area contributed by atoms with Gasteiger partial charge in [0.15, 0.2) is 11.4 Å². The number of amides is 2. The zero-order valence-electron chi connectivity index (χ0n) is 20.4. The van der Waals surface area contributed by atoms with E-state index in [0.717, 1.165) is 45.2 Å². The minimum atomic E-state index is -1.42. The molecule has 0 N–H and O–H groups in total. The fourth-order valence-corrected chi connectivity index (χ4v) is 5.09. The van der Waals surface area contributed by atoms with Crippen LogP contribution in [0.2, 0.25) is 0 Å². The number of imide groups is 1. The van der Waals surface area contributed by atoms with Gasteiger partial charge in [0.2, 0.25) is 0 Å². The second kappa shape index (κ2) is 9.25. The van der Waals surface area contributed by atoms with Gasteiger partial charge in [0.05, 0.1) is 7.11 Å². The highest BCUT2D eigenvalue weighted by Crippen LogP contribution is 2.37. The number of rotatable bonds is 7. The summed E-state index contributed by atoms with van der Waals surface area (Å²) < 4.78 is 24.7. The molecule has 0 saturated carbocycles. The number of aryl methyl sites for hydroxylation is 2. The van der Waals surface area contributed by atoms with Gasteiger partial charge in [-0.15, -0.1) is 5.06 Å². The number of aromatic nitrogens is 1. The minimum absolute atomic E-state index is 0.0183. The molecule has 0 bridgehead atoms. The summed E-state index contributed by atoms with van der Waals surface area (Å²) in [5, 5.41) is 0.564. The lowest BCUT2D eigenvalue weighted by molar-refractivity contribution is -0.334. The highest BCUT2D eigenvalue weighted by Gasteiger charge is 2.50. The van der Waals surface area contributed by atoms with Crippen molar-refractivity contribution in [1.82, 2.24) is 9.54 Å². The summed E-state index contributed by atoms with van der Waals surface area (Å²) in [6.07, 6.45) is 4.83. The molecule has 10 heteroatoms. The first kappa shape index (κ1) is 23.8. The molecular weight excluding hydrogens is 464 g/mol. The van der Waals surface area contributed by atoms with Crippen LogP contribution in [0.4, 0.5) is 4.32 Å². The Labute approximate surface area is 208 Å². The molecule has 8 nitrogen and oxygen atoms in total. The first-order valence-electron chi connectivity index (χ1n) is 11.9. The summed E-state index contributed by atoms with van der Waals surface area (Å²) in [6, 6.07) is 9.43. The van der Waals surface area contributed by atoms with Crippen LogP contribution in [0.1, 0.15) is 54.6 Å². The third-order valence-electron chi connectivity index (χ3n) is 6.75. The molecule has 1 aromatic heterocycles. The molecule has 2 amide bonds. The fourth-order valence-electron chi connectivity index (χ4n) is 5.09. The molecule has 3 aliphatic rings. The van der Waals surface area contributed by atoms with Crippen LogP contribution in [0.15, 0.2) is 48.2 Å². The molecule has 1 fully saturated rings. The summed E-state index contributed by atoms with van der Waals surface area (Å²) >= 11 is 0. The second-order valence-electron chi connectivity index (χ2n) is 9.08. The van der Waals surface area contributed by atoms with Crippen LogP contribution >= 0.6 is 0 Å². The Morgan fingerprint density at radius 1 is 1.11 bits per heavy atom. The minimum Gasteiger partial charge on any atom is -0.497 e. The monoisotopic (exact) mass is 490 g/mol. The molecule has 3 aliphatic heterocycles. The van der Waals surface area contributed by atoms with E-state index in [4.69, 9.17) is 9.57 Å². The maximum atomic E-state index is 16.0. The van der Waals surface area contributed by atoms with Crippen LogP contribution in [0, 0.1) is 13.8 Å². The lowest BCUT2D eigenvalue weighted by Crippen LogP contribution is -2.41. The SMILES string of the molecule is COc1ccc(C2=[N+]3B(F)n4c(C)cc(C)c4C(CCCC(=O)ON4C(=O)CCC4=O)=C3C=C2)cc1. The molecule has 0 aliphatic carbocycles. The molecule has 0 unspecified atom stereocenters. The van der Waals surface area contributed by atoms with E-state index in [1.807, 2.05) is 56.3 Å². The summed E-state index contributed by atoms with van der Waals surface area (Å²) in [7, 11) is 0.180. The molecular formula is C26H26BFN3O5+. The van der Waals surface area contributed by atoms with E-state index in [9.17, 15) is 14.4 Å². The molecule has 36 heavy (non-hydrogen) atoms. The Kier molecular flexibility index (Phi) is 6.11. The van der Waals surface area contributed by atoms with E-state index in [-0.39, 0.29) is 19.3 Å². The van der Waals surface area contributed by atoms with Crippen LogP contribution in [0.3, 0.4) is 0 Å². The average Bonchev–Trinajstić information content (AvgIpc) is 3.53. The molecule has 2 aromatic rings.